The number of hydrogen-bond acceptors (Lipinski definition) is 2. The summed E-state index contributed by atoms with van der Waals surface area (Å²) in [6.45, 7) is 5.23. The van der Waals surface area contributed by atoms with E-state index in [4.69, 9.17) is 5.73 Å². The lowest BCUT2D eigenvalue weighted by atomic mass is 9.96. The number of thioether (sulfide) groups is 1. The molecule has 1 aliphatic carbocycles. The predicted octanol–water partition coefficient (Wildman–Crippen LogP) is 1.61. The fraction of sp³-hybridized carbons (Fsp3) is 0.750. The normalized spacial score (nSPS) is 27.8. The number of guanidine groups is 1. The molecule has 16 heavy (non-hydrogen) atoms. The van der Waals surface area contributed by atoms with E-state index in [0.29, 0.717) is 17.9 Å². The van der Waals surface area contributed by atoms with Gasteiger partial charge in [0.1, 0.15) is 0 Å². The smallest absolute Gasteiger partial charge is 0.188 e. The molecule has 1 saturated heterocycles. The van der Waals surface area contributed by atoms with Crippen LogP contribution < -0.4 is 11.1 Å². The number of nitrogens with one attached hydrogen (secondary N) is 1. The Balaban J connectivity index is 1.73. The van der Waals surface area contributed by atoms with E-state index in [1.165, 1.54) is 30.8 Å². The van der Waals surface area contributed by atoms with Crippen molar-refractivity contribution in [1.82, 2.24) is 5.32 Å². The van der Waals surface area contributed by atoms with Crippen molar-refractivity contribution in [3.05, 3.63) is 12.7 Å². The minimum atomic E-state index is 0.562. The van der Waals surface area contributed by atoms with Crippen LogP contribution in [0.3, 0.4) is 0 Å². The summed E-state index contributed by atoms with van der Waals surface area (Å²) in [5.74, 6) is 4.03. The van der Waals surface area contributed by atoms with Crippen LogP contribution in [0.2, 0.25) is 0 Å². The van der Waals surface area contributed by atoms with Crippen LogP contribution in [0, 0.1) is 11.3 Å². The molecule has 0 radical (unpaired) electrons. The molecule has 2 fully saturated rings. The molecule has 90 valence electrons. The molecule has 4 heteroatoms. The second-order valence-corrected chi connectivity index (χ2v) is 6.00. The predicted molar refractivity (Wildman–Crippen MR) is 71.8 cm³/mol. The molecule has 2 rings (SSSR count). The molecule has 3 N–H and O–H groups in total. The van der Waals surface area contributed by atoms with Gasteiger partial charge in [0.25, 0.3) is 0 Å². The molecular formula is C12H21N3S. The van der Waals surface area contributed by atoms with E-state index in [2.05, 4.69) is 28.7 Å². The summed E-state index contributed by atoms with van der Waals surface area (Å²) in [4.78, 5) is 4.40. The van der Waals surface area contributed by atoms with Gasteiger partial charge in [0.2, 0.25) is 0 Å². The maximum atomic E-state index is 5.74. The van der Waals surface area contributed by atoms with Crippen molar-refractivity contribution >= 4 is 17.7 Å². The highest BCUT2D eigenvalue weighted by Crippen LogP contribution is 2.60. The van der Waals surface area contributed by atoms with E-state index in [-0.39, 0.29) is 0 Å². The second-order valence-electron chi connectivity index (χ2n) is 4.77. The van der Waals surface area contributed by atoms with Crippen LogP contribution in [0.4, 0.5) is 0 Å². The third-order valence-electron chi connectivity index (χ3n) is 3.76. The maximum absolute atomic E-state index is 5.74. The van der Waals surface area contributed by atoms with Gasteiger partial charge < -0.3 is 11.1 Å². The molecule has 3 nitrogen and oxygen atoms in total. The van der Waals surface area contributed by atoms with Crippen molar-refractivity contribution in [3.8, 4) is 0 Å². The van der Waals surface area contributed by atoms with Gasteiger partial charge in [0.15, 0.2) is 5.96 Å². The van der Waals surface area contributed by atoms with E-state index < -0.39 is 0 Å². The molecule has 1 aliphatic heterocycles. The summed E-state index contributed by atoms with van der Waals surface area (Å²) in [5.41, 5.74) is 6.39. The SMILES string of the molecule is C=CCNC(N)=NCC1CC12CCSCC2. The number of hydrogen-bond donors (Lipinski definition) is 2. The summed E-state index contributed by atoms with van der Waals surface area (Å²) >= 11 is 2.09. The summed E-state index contributed by atoms with van der Waals surface area (Å²) < 4.78 is 0. The zero-order chi connectivity index (χ0) is 11.4. The van der Waals surface area contributed by atoms with Gasteiger partial charge in [0, 0.05) is 13.1 Å². The fourth-order valence-corrected chi connectivity index (χ4v) is 3.83. The van der Waals surface area contributed by atoms with E-state index >= 15 is 0 Å². The maximum Gasteiger partial charge on any atom is 0.188 e. The van der Waals surface area contributed by atoms with E-state index in [1.807, 2.05) is 0 Å². The topological polar surface area (TPSA) is 50.4 Å². The first-order chi connectivity index (χ1) is 7.77. The first-order valence-corrected chi connectivity index (χ1v) is 7.15. The van der Waals surface area contributed by atoms with Crippen molar-refractivity contribution in [2.45, 2.75) is 19.3 Å². The fourth-order valence-electron chi connectivity index (χ4n) is 2.52. The standard InChI is InChI=1S/C12H21N3S/c1-2-5-14-11(13)15-9-10-8-12(10)3-6-16-7-4-12/h2,10H,1,3-9H2,(H3,13,14,15). The first-order valence-electron chi connectivity index (χ1n) is 5.99. The Kier molecular flexibility index (Phi) is 3.79. The number of nitrogens with two attached hydrogens (primary N) is 1. The Labute approximate surface area is 102 Å². The van der Waals surface area contributed by atoms with Crippen molar-refractivity contribution in [3.63, 3.8) is 0 Å². The van der Waals surface area contributed by atoms with E-state index in [0.717, 1.165) is 12.5 Å². The lowest BCUT2D eigenvalue weighted by Crippen LogP contribution is -2.32. The van der Waals surface area contributed by atoms with Crippen molar-refractivity contribution in [2.24, 2.45) is 22.1 Å². The summed E-state index contributed by atoms with van der Waals surface area (Å²) in [6, 6.07) is 0. The average Bonchev–Trinajstić information content (AvgIpc) is 2.97. The first kappa shape index (κ1) is 11.8. The third kappa shape index (κ3) is 2.73. The molecule has 1 unspecified atom stereocenters. The largest absolute Gasteiger partial charge is 0.370 e. The van der Waals surface area contributed by atoms with Crippen LogP contribution in [-0.2, 0) is 0 Å². The van der Waals surface area contributed by atoms with Crippen LogP contribution in [0.15, 0.2) is 17.6 Å². The number of nitrogens with zero attached hydrogens (tertiary/aromatic N) is 1. The van der Waals surface area contributed by atoms with Gasteiger partial charge in [-0.25, -0.2) is 0 Å². The Morgan fingerprint density at radius 3 is 3.00 bits per heavy atom. The number of aliphatic imine (C=N–C) groups is 1. The highest BCUT2D eigenvalue weighted by molar-refractivity contribution is 7.99. The van der Waals surface area contributed by atoms with E-state index in [9.17, 15) is 0 Å². The minimum absolute atomic E-state index is 0.562. The van der Waals surface area contributed by atoms with Crippen LogP contribution in [0.25, 0.3) is 0 Å². The second kappa shape index (κ2) is 5.13. The lowest BCUT2D eigenvalue weighted by molar-refractivity contribution is 0.422. The molecule has 0 aromatic carbocycles. The van der Waals surface area contributed by atoms with Gasteiger partial charge >= 0.3 is 0 Å². The molecule has 2 aliphatic rings. The Bertz CT molecular complexity index is 282. The van der Waals surface area contributed by atoms with Crippen LogP contribution in [0.5, 0.6) is 0 Å². The summed E-state index contributed by atoms with van der Waals surface area (Å²) in [7, 11) is 0. The molecule has 0 aromatic rings. The van der Waals surface area contributed by atoms with E-state index in [1.54, 1.807) is 6.08 Å². The molecule has 0 aromatic heterocycles. The highest BCUT2D eigenvalue weighted by atomic mass is 32.2. The highest BCUT2D eigenvalue weighted by Gasteiger charge is 2.53. The number of rotatable bonds is 4. The minimum Gasteiger partial charge on any atom is -0.370 e. The third-order valence-corrected chi connectivity index (χ3v) is 4.74. The van der Waals surface area contributed by atoms with Gasteiger partial charge in [-0.2, -0.15) is 11.8 Å². The van der Waals surface area contributed by atoms with Crippen molar-refractivity contribution in [2.75, 3.05) is 24.6 Å². The van der Waals surface area contributed by atoms with Crippen LogP contribution in [0.1, 0.15) is 19.3 Å². The zero-order valence-corrected chi connectivity index (χ0v) is 10.6. The average molecular weight is 239 g/mol. The molecule has 1 atom stereocenters. The molecule has 0 amide bonds. The molecule has 1 spiro atoms. The van der Waals surface area contributed by atoms with Crippen LogP contribution in [-0.4, -0.2) is 30.6 Å². The van der Waals surface area contributed by atoms with Crippen LogP contribution >= 0.6 is 11.8 Å². The molecular weight excluding hydrogens is 218 g/mol. The molecule has 0 bridgehead atoms. The zero-order valence-electron chi connectivity index (χ0n) is 9.74. The lowest BCUT2D eigenvalue weighted by Gasteiger charge is -2.21. The van der Waals surface area contributed by atoms with Crippen molar-refractivity contribution in [1.29, 1.82) is 0 Å². The van der Waals surface area contributed by atoms with Crippen molar-refractivity contribution < 1.29 is 0 Å². The molecule has 1 heterocycles. The Morgan fingerprint density at radius 1 is 1.56 bits per heavy atom. The Morgan fingerprint density at radius 2 is 2.31 bits per heavy atom. The van der Waals surface area contributed by atoms with Gasteiger partial charge in [-0.15, -0.1) is 6.58 Å². The summed E-state index contributed by atoms with van der Waals surface area (Å²) in [6.07, 6.45) is 5.93. The van der Waals surface area contributed by atoms with Gasteiger partial charge in [0.05, 0.1) is 0 Å². The monoisotopic (exact) mass is 239 g/mol. The van der Waals surface area contributed by atoms with Gasteiger partial charge in [-0.05, 0) is 42.1 Å². The van der Waals surface area contributed by atoms with Gasteiger partial charge in [-0.1, -0.05) is 6.08 Å². The van der Waals surface area contributed by atoms with Gasteiger partial charge in [-0.3, -0.25) is 4.99 Å². The Hall–Kier alpha value is -0.640. The molecule has 1 saturated carbocycles. The quantitative estimate of drug-likeness (QED) is 0.445. The summed E-state index contributed by atoms with van der Waals surface area (Å²) in [5, 5.41) is 3.01.